The lowest BCUT2D eigenvalue weighted by atomic mass is 9.83. The Kier molecular flexibility index (Phi) is 7.47. The van der Waals surface area contributed by atoms with Crippen LogP contribution in [0.2, 0.25) is 0 Å². The summed E-state index contributed by atoms with van der Waals surface area (Å²) in [5.74, 6) is -1.11. The van der Waals surface area contributed by atoms with E-state index in [2.05, 4.69) is 6.58 Å². The van der Waals surface area contributed by atoms with Gasteiger partial charge >= 0.3 is 0 Å². The Morgan fingerprint density at radius 1 is 1.38 bits per heavy atom. The standard InChI is InChI=1S/C23H29NO8/c1-11(17(7-8-25)32-19-10-15(24)22(28)12(2)31-19)21(27)14-9-16(26)13-5-4-6-18(30-3)20(13)23(14)29/h4-6,12,15,17,19,22,25,27-28H,1,7-10,24H2,2-3H3/b21-14-/t12-,15-,17-,19?,22+/m0/s1. The summed E-state index contributed by atoms with van der Waals surface area (Å²) < 4.78 is 16.7. The van der Waals surface area contributed by atoms with Crippen LogP contribution in [0.1, 0.15) is 46.9 Å². The number of fused-ring (bicyclic) bond motifs is 1. The van der Waals surface area contributed by atoms with Gasteiger partial charge in [-0.3, -0.25) is 9.59 Å². The van der Waals surface area contributed by atoms with Crippen molar-refractivity contribution in [3.63, 3.8) is 0 Å². The molecule has 1 aliphatic carbocycles. The van der Waals surface area contributed by atoms with Crippen LogP contribution in [-0.2, 0) is 9.47 Å². The second-order valence-corrected chi connectivity index (χ2v) is 7.96. The van der Waals surface area contributed by atoms with Gasteiger partial charge in [0, 0.05) is 43.0 Å². The van der Waals surface area contributed by atoms with E-state index < -0.39 is 42.2 Å². The van der Waals surface area contributed by atoms with Gasteiger partial charge in [0.2, 0.25) is 0 Å². The van der Waals surface area contributed by atoms with Crippen LogP contribution in [-0.4, -0.2) is 71.2 Å². The van der Waals surface area contributed by atoms with Gasteiger partial charge in [0.15, 0.2) is 17.9 Å². The van der Waals surface area contributed by atoms with Crippen LogP contribution in [0.5, 0.6) is 5.75 Å². The first-order valence-corrected chi connectivity index (χ1v) is 10.4. The molecule has 1 aromatic rings. The van der Waals surface area contributed by atoms with E-state index in [9.17, 15) is 24.9 Å². The van der Waals surface area contributed by atoms with Gasteiger partial charge in [0.25, 0.3) is 0 Å². The smallest absolute Gasteiger partial charge is 0.197 e. The minimum atomic E-state index is -0.908. The fourth-order valence-electron chi connectivity index (χ4n) is 3.99. The number of aliphatic hydroxyl groups is 3. The third kappa shape index (κ3) is 4.62. The van der Waals surface area contributed by atoms with E-state index in [0.717, 1.165) is 0 Å². The zero-order valence-electron chi connectivity index (χ0n) is 18.1. The number of carbonyl (C=O) groups is 2. The molecule has 1 aliphatic heterocycles. The molecule has 0 saturated carbocycles. The third-order valence-electron chi connectivity index (χ3n) is 5.82. The van der Waals surface area contributed by atoms with Crippen molar-refractivity contribution in [2.75, 3.05) is 13.7 Å². The van der Waals surface area contributed by atoms with Crippen LogP contribution in [0.3, 0.4) is 0 Å². The van der Waals surface area contributed by atoms with Crippen LogP contribution in [0.25, 0.3) is 0 Å². The Labute approximate surface area is 186 Å². The number of hydrogen-bond donors (Lipinski definition) is 4. The lowest BCUT2D eigenvalue weighted by Crippen LogP contribution is -2.52. The Morgan fingerprint density at radius 3 is 2.72 bits per heavy atom. The molecule has 1 saturated heterocycles. The number of Topliss-reactive ketones (excluding diaryl/α,β-unsaturated/α-hetero) is 2. The van der Waals surface area contributed by atoms with E-state index in [1.807, 2.05) is 0 Å². The van der Waals surface area contributed by atoms with Gasteiger partial charge in [-0.1, -0.05) is 18.7 Å². The maximum atomic E-state index is 13.1. The largest absolute Gasteiger partial charge is 0.507 e. The van der Waals surface area contributed by atoms with Crippen LogP contribution in [0.15, 0.2) is 41.7 Å². The number of methoxy groups -OCH3 is 1. The summed E-state index contributed by atoms with van der Waals surface area (Å²) in [5, 5.41) is 30.3. The molecule has 0 spiro atoms. The summed E-state index contributed by atoms with van der Waals surface area (Å²) in [4.78, 5) is 25.8. The van der Waals surface area contributed by atoms with Crippen molar-refractivity contribution >= 4 is 11.6 Å². The number of benzene rings is 1. The quantitative estimate of drug-likeness (QED) is 0.360. The second kappa shape index (κ2) is 9.93. The Balaban J connectivity index is 1.88. The molecule has 0 bridgehead atoms. The summed E-state index contributed by atoms with van der Waals surface area (Å²) in [6, 6.07) is 4.15. The summed E-state index contributed by atoms with van der Waals surface area (Å²) in [6.07, 6.45) is -3.17. The van der Waals surface area contributed by atoms with Crippen LogP contribution in [0, 0.1) is 0 Å². The van der Waals surface area contributed by atoms with Crippen LogP contribution in [0.4, 0.5) is 0 Å². The minimum absolute atomic E-state index is 0.0319. The van der Waals surface area contributed by atoms with E-state index in [1.165, 1.54) is 13.2 Å². The number of hydrogen-bond acceptors (Lipinski definition) is 9. The first kappa shape index (κ1) is 24.1. The molecule has 1 aromatic carbocycles. The highest BCUT2D eigenvalue weighted by Gasteiger charge is 2.37. The number of nitrogens with two attached hydrogens (primary N) is 1. The van der Waals surface area contributed by atoms with Crippen molar-refractivity contribution in [3.8, 4) is 5.75 Å². The van der Waals surface area contributed by atoms with Gasteiger partial charge in [-0.25, -0.2) is 0 Å². The highest BCUT2D eigenvalue weighted by atomic mass is 16.7. The lowest BCUT2D eigenvalue weighted by molar-refractivity contribution is -0.235. The van der Waals surface area contributed by atoms with Gasteiger partial charge < -0.3 is 35.3 Å². The molecule has 0 radical (unpaired) electrons. The summed E-state index contributed by atoms with van der Waals surface area (Å²) in [5.41, 5.74) is 6.17. The average molecular weight is 447 g/mol. The molecule has 1 fully saturated rings. The van der Waals surface area contributed by atoms with E-state index in [0.29, 0.717) is 0 Å². The number of rotatable bonds is 7. The van der Waals surface area contributed by atoms with Crippen molar-refractivity contribution in [1.82, 2.24) is 0 Å². The maximum absolute atomic E-state index is 13.1. The Bertz CT molecular complexity index is 928. The monoisotopic (exact) mass is 447 g/mol. The number of allylic oxidation sites excluding steroid dienone is 1. The first-order chi connectivity index (χ1) is 15.2. The zero-order chi connectivity index (χ0) is 23.6. The zero-order valence-corrected chi connectivity index (χ0v) is 18.1. The van der Waals surface area contributed by atoms with E-state index in [4.69, 9.17) is 19.9 Å². The molecular weight excluding hydrogens is 418 g/mol. The lowest BCUT2D eigenvalue weighted by Gasteiger charge is -2.37. The average Bonchev–Trinajstić information content (AvgIpc) is 2.78. The van der Waals surface area contributed by atoms with Gasteiger partial charge in [-0.15, -0.1) is 0 Å². The molecule has 0 aromatic heterocycles. The Morgan fingerprint density at radius 2 is 2.09 bits per heavy atom. The molecule has 9 nitrogen and oxygen atoms in total. The minimum Gasteiger partial charge on any atom is -0.507 e. The number of ether oxygens (including phenoxy) is 3. The van der Waals surface area contributed by atoms with Crippen molar-refractivity contribution in [2.24, 2.45) is 5.73 Å². The van der Waals surface area contributed by atoms with Crippen molar-refractivity contribution in [1.29, 1.82) is 0 Å². The highest BCUT2D eigenvalue weighted by molar-refractivity contribution is 6.24. The normalized spacial score (nSPS) is 28.2. The predicted octanol–water partition coefficient (Wildman–Crippen LogP) is 1.42. The predicted molar refractivity (Wildman–Crippen MR) is 115 cm³/mol. The molecule has 174 valence electrons. The second-order valence-electron chi connectivity index (χ2n) is 7.96. The molecule has 32 heavy (non-hydrogen) atoms. The van der Waals surface area contributed by atoms with Crippen molar-refractivity contribution in [2.45, 2.75) is 56.8 Å². The molecular formula is C23H29NO8. The molecule has 5 N–H and O–H groups in total. The number of carbonyl (C=O) groups excluding carboxylic acids is 2. The van der Waals surface area contributed by atoms with Crippen LogP contribution < -0.4 is 10.5 Å². The fraction of sp³-hybridized carbons (Fsp3) is 0.478. The van der Waals surface area contributed by atoms with Crippen molar-refractivity contribution < 1.29 is 39.1 Å². The first-order valence-electron chi connectivity index (χ1n) is 10.4. The molecule has 2 aliphatic rings. The van der Waals surface area contributed by atoms with Crippen LogP contribution >= 0.6 is 0 Å². The topological polar surface area (TPSA) is 149 Å². The van der Waals surface area contributed by atoms with Crippen molar-refractivity contribution in [3.05, 3.63) is 52.8 Å². The fourth-order valence-corrected chi connectivity index (χ4v) is 3.99. The SMILES string of the molecule is C=C(/C(O)=C1\CC(=O)c2cccc(OC)c2C1=O)[C@H](CCO)OC1C[C@H](N)[C@H](O)[C@H](C)O1. The van der Waals surface area contributed by atoms with E-state index in [1.54, 1.807) is 19.1 Å². The summed E-state index contributed by atoms with van der Waals surface area (Å²) >= 11 is 0. The molecule has 1 unspecified atom stereocenters. The Hall–Kier alpha value is -2.56. The van der Waals surface area contributed by atoms with E-state index >= 15 is 0 Å². The van der Waals surface area contributed by atoms with Gasteiger partial charge in [0.1, 0.15) is 11.5 Å². The van der Waals surface area contributed by atoms with Gasteiger partial charge in [-0.2, -0.15) is 0 Å². The summed E-state index contributed by atoms with van der Waals surface area (Å²) in [7, 11) is 1.39. The third-order valence-corrected chi connectivity index (χ3v) is 5.82. The molecule has 1 heterocycles. The summed E-state index contributed by atoms with van der Waals surface area (Å²) in [6.45, 7) is 5.22. The molecule has 5 atom stereocenters. The maximum Gasteiger partial charge on any atom is 0.197 e. The molecule has 0 amide bonds. The van der Waals surface area contributed by atoms with E-state index in [-0.39, 0.29) is 59.7 Å². The number of ketones is 2. The number of aliphatic hydroxyl groups excluding tert-OH is 3. The molecule has 3 rings (SSSR count). The van der Waals surface area contributed by atoms with Gasteiger partial charge in [-0.05, 0) is 13.0 Å². The molecule has 9 heteroatoms. The van der Waals surface area contributed by atoms with Gasteiger partial charge in [0.05, 0.1) is 36.6 Å². The highest BCUT2D eigenvalue weighted by Crippen LogP contribution is 2.35.